The average molecular weight is 259 g/mol. The van der Waals surface area contributed by atoms with Crippen molar-refractivity contribution >= 4 is 17.9 Å². The van der Waals surface area contributed by atoms with E-state index in [2.05, 4.69) is 32.9 Å². The van der Waals surface area contributed by atoms with Gasteiger partial charge in [-0.3, -0.25) is 4.79 Å². The lowest BCUT2D eigenvalue weighted by Crippen LogP contribution is -1.94. The largest absolute Gasteiger partial charge is 0.298 e. The third-order valence-corrected chi connectivity index (χ3v) is 3.32. The highest BCUT2D eigenvalue weighted by atomic mass is 35.5. The first-order valence-corrected chi connectivity index (χ1v) is 6.23. The molecule has 0 aromatic heterocycles. The molecule has 0 saturated carbocycles. The minimum absolute atomic E-state index is 0.586. The molecule has 0 radical (unpaired) electrons. The predicted molar refractivity (Wildman–Crippen MR) is 76.5 cm³/mol. The second-order valence-corrected chi connectivity index (χ2v) is 5.06. The van der Waals surface area contributed by atoms with Gasteiger partial charge in [-0.25, -0.2) is 0 Å². The summed E-state index contributed by atoms with van der Waals surface area (Å²) in [6, 6.07) is 9.71. The van der Waals surface area contributed by atoms with Gasteiger partial charge >= 0.3 is 0 Å². The molecule has 0 N–H and O–H groups in total. The lowest BCUT2D eigenvalue weighted by atomic mass is 9.91. The lowest BCUT2D eigenvalue weighted by Gasteiger charge is -2.13. The monoisotopic (exact) mass is 258 g/mol. The molecule has 2 heteroatoms. The highest BCUT2D eigenvalue weighted by Crippen LogP contribution is 2.31. The molecule has 0 heterocycles. The number of aryl methyl sites for hydroxylation is 3. The van der Waals surface area contributed by atoms with Gasteiger partial charge in [-0.15, -0.1) is 0 Å². The average Bonchev–Trinajstić information content (AvgIpc) is 2.29. The summed E-state index contributed by atoms with van der Waals surface area (Å²) in [6.45, 7) is 6.21. The van der Waals surface area contributed by atoms with Gasteiger partial charge in [0.1, 0.15) is 0 Å². The molecule has 1 nitrogen and oxygen atoms in total. The molecule has 0 unspecified atom stereocenters. The second-order valence-electron chi connectivity index (χ2n) is 4.62. The number of benzene rings is 2. The first kappa shape index (κ1) is 12.8. The van der Waals surface area contributed by atoms with Gasteiger partial charge in [0, 0.05) is 10.6 Å². The van der Waals surface area contributed by atoms with Crippen molar-refractivity contribution in [2.24, 2.45) is 0 Å². The van der Waals surface area contributed by atoms with Crippen molar-refractivity contribution < 1.29 is 4.79 Å². The molecular weight excluding hydrogens is 244 g/mol. The van der Waals surface area contributed by atoms with Gasteiger partial charge < -0.3 is 0 Å². The van der Waals surface area contributed by atoms with E-state index >= 15 is 0 Å². The maximum Gasteiger partial charge on any atom is 0.150 e. The molecule has 0 spiro atoms. The van der Waals surface area contributed by atoms with Crippen LogP contribution in [-0.4, -0.2) is 6.29 Å². The van der Waals surface area contributed by atoms with E-state index in [1.165, 1.54) is 16.7 Å². The number of hydrogen-bond acceptors (Lipinski definition) is 1. The van der Waals surface area contributed by atoms with Gasteiger partial charge in [-0.1, -0.05) is 35.4 Å². The Bertz CT molecular complexity index is 591. The molecule has 0 bridgehead atoms. The topological polar surface area (TPSA) is 17.1 Å². The van der Waals surface area contributed by atoms with E-state index in [0.29, 0.717) is 10.6 Å². The normalized spacial score (nSPS) is 10.4. The minimum Gasteiger partial charge on any atom is -0.298 e. The van der Waals surface area contributed by atoms with E-state index in [-0.39, 0.29) is 0 Å². The van der Waals surface area contributed by atoms with Crippen LogP contribution >= 0.6 is 11.6 Å². The van der Waals surface area contributed by atoms with Crippen LogP contribution in [0, 0.1) is 20.8 Å². The zero-order chi connectivity index (χ0) is 13.3. The van der Waals surface area contributed by atoms with Crippen molar-refractivity contribution in [3.05, 3.63) is 57.6 Å². The Balaban J connectivity index is 2.73. The van der Waals surface area contributed by atoms with E-state index in [0.717, 1.165) is 17.4 Å². The number of carbonyl (C=O) groups is 1. The Morgan fingerprint density at radius 3 is 2.17 bits per heavy atom. The van der Waals surface area contributed by atoms with Crippen LogP contribution in [0.5, 0.6) is 0 Å². The predicted octanol–water partition coefficient (Wildman–Crippen LogP) is 4.74. The molecule has 0 fully saturated rings. The molecule has 0 atom stereocenters. The van der Waals surface area contributed by atoms with E-state index < -0.39 is 0 Å². The van der Waals surface area contributed by atoms with E-state index in [1.54, 1.807) is 6.07 Å². The van der Waals surface area contributed by atoms with Crippen molar-refractivity contribution in [2.75, 3.05) is 0 Å². The summed E-state index contributed by atoms with van der Waals surface area (Å²) >= 11 is 5.93. The summed E-state index contributed by atoms with van der Waals surface area (Å²) < 4.78 is 0. The standard InChI is InChI=1S/C16H15ClO/c1-10-6-11(2)16(12(3)7-10)15-5-4-14(17)8-13(15)9-18/h4-9H,1-3H3. The van der Waals surface area contributed by atoms with Crippen molar-refractivity contribution in [1.82, 2.24) is 0 Å². The first-order valence-electron chi connectivity index (χ1n) is 5.86. The molecule has 2 aromatic rings. The summed E-state index contributed by atoms with van der Waals surface area (Å²) in [6.07, 6.45) is 0.861. The molecular formula is C16H15ClO. The van der Waals surface area contributed by atoms with Crippen LogP contribution in [0.15, 0.2) is 30.3 Å². The molecule has 18 heavy (non-hydrogen) atoms. The lowest BCUT2D eigenvalue weighted by molar-refractivity contribution is 0.112. The van der Waals surface area contributed by atoms with Gasteiger partial charge in [-0.2, -0.15) is 0 Å². The number of rotatable bonds is 2. The fourth-order valence-corrected chi connectivity index (χ4v) is 2.64. The van der Waals surface area contributed by atoms with E-state index in [4.69, 9.17) is 11.6 Å². The zero-order valence-electron chi connectivity index (χ0n) is 10.8. The SMILES string of the molecule is Cc1cc(C)c(-c2ccc(Cl)cc2C=O)c(C)c1. The minimum atomic E-state index is 0.586. The van der Waals surface area contributed by atoms with E-state index in [1.807, 2.05) is 12.1 Å². The summed E-state index contributed by atoms with van der Waals surface area (Å²) in [5.41, 5.74) is 6.30. The number of aldehydes is 1. The van der Waals surface area contributed by atoms with Crippen LogP contribution in [0.3, 0.4) is 0 Å². The van der Waals surface area contributed by atoms with Gasteiger partial charge in [0.05, 0.1) is 0 Å². The first-order chi connectivity index (χ1) is 8.52. The molecule has 92 valence electrons. The molecule has 0 aliphatic rings. The van der Waals surface area contributed by atoms with Crippen molar-refractivity contribution in [1.29, 1.82) is 0 Å². The van der Waals surface area contributed by atoms with Crippen molar-refractivity contribution in [3.63, 3.8) is 0 Å². The van der Waals surface area contributed by atoms with Crippen molar-refractivity contribution in [2.45, 2.75) is 20.8 Å². The summed E-state index contributed by atoms with van der Waals surface area (Å²) in [4.78, 5) is 11.2. The maximum atomic E-state index is 11.2. The molecule has 0 amide bonds. The molecule has 0 aliphatic carbocycles. The quantitative estimate of drug-likeness (QED) is 0.711. The third kappa shape index (κ3) is 2.32. The summed E-state index contributed by atoms with van der Waals surface area (Å²) in [5.74, 6) is 0. The Morgan fingerprint density at radius 2 is 1.61 bits per heavy atom. The Hall–Kier alpha value is -1.60. The second kappa shape index (κ2) is 4.95. The Labute approximate surface area is 112 Å². The Morgan fingerprint density at radius 1 is 1.00 bits per heavy atom. The summed E-state index contributed by atoms with van der Waals surface area (Å²) in [5, 5.41) is 0.586. The van der Waals surface area contributed by atoms with Crippen LogP contribution in [0.1, 0.15) is 27.0 Å². The third-order valence-electron chi connectivity index (χ3n) is 3.09. The summed E-state index contributed by atoms with van der Waals surface area (Å²) in [7, 11) is 0. The van der Waals surface area contributed by atoms with Crippen LogP contribution < -0.4 is 0 Å². The number of hydrogen-bond donors (Lipinski definition) is 0. The van der Waals surface area contributed by atoms with Gasteiger partial charge in [0.2, 0.25) is 0 Å². The Kier molecular flexibility index (Phi) is 3.53. The molecule has 2 rings (SSSR count). The van der Waals surface area contributed by atoms with Crippen LogP contribution in [0.4, 0.5) is 0 Å². The molecule has 0 aliphatic heterocycles. The number of carbonyl (C=O) groups excluding carboxylic acids is 1. The van der Waals surface area contributed by atoms with Gasteiger partial charge in [0.15, 0.2) is 6.29 Å². The highest BCUT2D eigenvalue weighted by molar-refractivity contribution is 6.31. The number of halogens is 1. The van der Waals surface area contributed by atoms with Crippen LogP contribution in [0.2, 0.25) is 5.02 Å². The molecule has 0 saturated heterocycles. The molecule has 2 aromatic carbocycles. The zero-order valence-corrected chi connectivity index (χ0v) is 11.5. The fourth-order valence-electron chi connectivity index (χ4n) is 2.46. The smallest absolute Gasteiger partial charge is 0.150 e. The van der Waals surface area contributed by atoms with Crippen LogP contribution in [-0.2, 0) is 0 Å². The van der Waals surface area contributed by atoms with Gasteiger partial charge in [-0.05, 0) is 55.2 Å². The maximum absolute atomic E-state index is 11.2. The van der Waals surface area contributed by atoms with Crippen LogP contribution in [0.25, 0.3) is 11.1 Å². The van der Waals surface area contributed by atoms with Gasteiger partial charge in [0.25, 0.3) is 0 Å². The van der Waals surface area contributed by atoms with Crippen molar-refractivity contribution in [3.8, 4) is 11.1 Å². The highest BCUT2D eigenvalue weighted by Gasteiger charge is 2.11. The fraction of sp³-hybridized carbons (Fsp3) is 0.188. The van der Waals surface area contributed by atoms with E-state index in [9.17, 15) is 4.79 Å².